The number of anilines is 1. The van der Waals surface area contributed by atoms with Gasteiger partial charge in [-0.3, -0.25) is 14.9 Å². The summed E-state index contributed by atoms with van der Waals surface area (Å²) in [6.45, 7) is 0.755. The number of benzene rings is 1. The Morgan fingerprint density at radius 2 is 2.10 bits per heavy atom. The molecule has 1 aliphatic rings. The molecule has 0 aromatic heterocycles. The van der Waals surface area contributed by atoms with Crippen molar-refractivity contribution in [1.29, 1.82) is 0 Å². The van der Waals surface area contributed by atoms with E-state index in [0.29, 0.717) is 17.2 Å². The van der Waals surface area contributed by atoms with E-state index in [1.54, 1.807) is 25.1 Å². The number of rotatable bonds is 5. The van der Waals surface area contributed by atoms with Gasteiger partial charge in [0.1, 0.15) is 5.69 Å². The molecule has 1 aromatic rings. The SMILES string of the molecule is CNc1cc(C(=O)N(C)CC2CCCC2)ccc1[N+](=O)[O-]. The fourth-order valence-electron chi connectivity index (χ4n) is 2.91. The van der Waals surface area contributed by atoms with Crippen molar-refractivity contribution in [2.45, 2.75) is 25.7 Å². The maximum atomic E-state index is 12.4. The monoisotopic (exact) mass is 291 g/mol. The zero-order chi connectivity index (χ0) is 15.4. The lowest BCUT2D eigenvalue weighted by Gasteiger charge is -2.21. The number of hydrogen-bond donors (Lipinski definition) is 1. The minimum absolute atomic E-state index is 0.0208. The van der Waals surface area contributed by atoms with Gasteiger partial charge in [0, 0.05) is 32.3 Å². The lowest BCUT2D eigenvalue weighted by molar-refractivity contribution is -0.383. The number of amides is 1. The van der Waals surface area contributed by atoms with E-state index >= 15 is 0 Å². The Labute approximate surface area is 124 Å². The van der Waals surface area contributed by atoms with Gasteiger partial charge in [-0.15, -0.1) is 0 Å². The number of nitro groups is 1. The molecular weight excluding hydrogens is 270 g/mol. The number of nitro benzene ring substituents is 1. The second-order valence-corrected chi connectivity index (χ2v) is 5.58. The largest absolute Gasteiger partial charge is 0.383 e. The van der Waals surface area contributed by atoms with Gasteiger partial charge in [0.25, 0.3) is 11.6 Å². The van der Waals surface area contributed by atoms with Crippen LogP contribution in [-0.4, -0.2) is 36.4 Å². The van der Waals surface area contributed by atoms with E-state index in [9.17, 15) is 14.9 Å². The third-order valence-corrected chi connectivity index (χ3v) is 4.06. The Morgan fingerprint density at radius 1 is 1.43 bits per heavy atom. The van der Waals surface area contributed by atoms with Crippen LogP contribution in [0.3, 0.4) is 0 Å². The van der Waals surface area contributed by atoms with Crippen LogP contribution in [-0.2, 0) is 0 Å². The van der Waals surface area contributed by atoms with Crippen molar-refractivity contribution >= 4 is 17.3 Å². The number of nitrogens with zero attached hydrogens (tertiary/aromatic N) is 2. The standard InChI is InChI=1S/C15H21N3O3/c1-16-13-9-12(7-8-14(13)18(20)21)15(19)17(2)10-11-5-3-4-6-11/h7-9,11,16H,3-6,10H2,1-2H3. The van der Waals surface area contributed by atoms with Gasteiger partial charge in [-0.05, 0) is 30.9 Å². The molecule has 0 spiro atoms. The van der Waals surface area contributed by atoms with E-state index in [-0.39, 0.29) is 11.6 Å². The molecule has 1 fully saturated rings. The van der Waals surface area contributed by atoms with Crippen LogP contribution in [0.15, 0.2) is 18.2 Å². The maximum Gasteiger partial charge on any atom is 0.292 e. The number of hydrogen-bond acceptors (Lipinski definition) is 4. The van der Waals surface area contributed by atoms with Gasteiger partial charge in [0.2, 0.25) is 0 Å². The zero-order valence-corrected chi connectivity index (χ0v) is 12.5. The summed E-state index contributed by atoms with van der Waals surface area (Å²) in [5.41, 5.74) is 0.818. The molecule has 1 N–H and O–H groups in total. The van der Waals surface area contributed by atoms with Gasteiger partial charge in [-0.25, -0.2) is 0 Å². The first kappa shape index (κ1) is 15.3. The van der Waals surface area contributed by atoms with Crippen LogP contribution in [0, 0.1) is 16.0 Å². The lowest BCUT2D eigenvalue weighted by Crippen LogP contribution is -2.31. The van der Waals surface area contributed by atoms with Crippen molar-refractivity contribution in [1.82, 2.24) is 4.90 Å². The van der Waals surface area contributed by atoms with Crippen molar-refractivity contribution in [3.63, 3.8) is 0 Å². The van der Waals surface area contributed by atoms with Crippen molar-refractivity contribution in [3.8, 4) is 0 Å². The molecule has 0 radical (unpaired) electrons. The Kier molecular flexibility index (Phi) is 4.77. The number of nitrogens with one attached hydrogen (secondary N) is 1. The van der Waals surface area contributed by atoms with Gasteiger partial charge in [0.15, 0.2) is 0 Å². The zero-order valence-electron chi connectivity index (χ0n) is 12.5. The molecule has 6 nitrogen and oxygen atoms in total. The first-order valence-electron chi connectivity index (χ1n) is 7.24. The molecule has 1 saturated carbocycles. The molecule has 0 aliphatic heterocycles. The van der Waals surface area contributed by atoms with E-state index in [2.05, 4.69) is 5.32 Å². The minimum Gasteiger partial charge on any atom is -0.383 e. The Morgan fingerprint density at radius 3 is 2.67 bits per heavy atom. The predicted molar refractivity (Wildman–Crippen MR) is 81.6 cm³/mol. The maximum absolute atomic E-state index is 12.4. The fraction of sp³-hybridized carbons (Fsp3) is 0.533. The lowest BCUT2D eigenvalue weighted by atomic mass is 10.1. The van der Waals surface area contributed by atoms with Crippen LogP contribution in [0.25, 0.3) is 0 Å². The van der Waals surface area contributed by atoms with Gasteiger partial charge >= 0.3 is 0 Å². The van der Waals surface area contributed by atoms with Crippen molar-refractivity contribution in [2.75, 3.05) is 26.0 Å². The summed E-state index contributed by atoms with van der Waals surface area (Å²) in [6.07, 6.45) is 4.85. The van der Waals surface area contributed by atoms with E-state index in [4.69, 9.17) is 0 Å². The van der Waals surface area contributed by atoms with Crippen LogP contribution < -0.4 is 5.32 Å². The van der Waals surface area contributed by atoms with E-state index < -0.39 is 4.92 Å². The van der Waals surface area contributed by atoms with Crippen LogP contribution in [0.4, 0.5) is 11.4 Å². The van der Waals surface area contributed by atoms with Crippen molar-refractivity contribution < 1.29 is 9.72 Å². The first-order valence-corrected chi connectivity index (χ1v) is 7.24. The molecule has 0 saturated heterocycles. The molecule has 0 heterocycles. The molecule has 6 heteroatoms. The highest BCUT2D eigenvalue weighted by Crippen LogP contribution is 2.27. The number of carbonyl (C=O) groups excluding carboxylic acids is 1. The smallest absolute Gasteiger partial charge is 0.292 e. The van der Waals surface area contributed by atoms with Crippen molar-refractivity contribution in [2.24, 2.45) is 5.92 Å². The topological polar surface area (TPSA) is 75.5 Å². The summed E-state index contributed by atoms with van der Waals surface area (Å²) < 4.78 is 0. The summed E-state index contributed by atoms with van der Waals surface area (Å²) in [4.78, 5) is 24.6. The van der Waals surface area contributed by atoms with Gasteiger partial charge in [-0.1, -0.05) is 12.8 Å². The first-order chi connectivity index (χ1) is 10.0. The van der Waals surface area contributed by atoms with Gasteiger partial charge in [-0.2, -0.15) is 0 Å². The Balaban J connectivity index is 2.12. The van der Waals surface area contributed by atoms with Crippen molar-refractivity contribution in [3.05, 3.63) is 33.9 Å². The molecule has 1 amide bonds. The van der Waals surface area contributed by atoms with Gasteiger partial charge in [0.05, 0.1) is 4.92 Å². The number of carbonyl (C=O) groups is 1. The highest BCUT2D eigenvalue weighted by Gasteiger charge is 2.22. The van der Waals surface area contributed by atoms with Gasteiger partial charge < -0.3 is 10.2 Å². The Bertz CT molecular complexity index is 539. The molecule has 0 unspecified atom stereocenters. The van der Waals surface area contributed by atoms with Crippen LogP contribution in [0.1, 0.15) is 36.0 Å². The highest BCUT2D eigenvalue weighted by molar-refractivity contribution is 5.95. The van der Waals surface area contributed by atoms with Crippen LogP contribution >= 0.6 is 0 Å². The van der Waals surface area contributed by atoms with E-state index in [1.165, 1.54) is 37.8 Å². The third-order valence-electron chi connectivity index (χ3n) is 4.06. The molecular formula is C15H21N3O3. The molecule has 114 valence electrons. The second-order valence-electron chi connectivity index (χ2n) is 5.58. The molecule has 21 heavy (non-hydrogen) atoms. The Hall–Kier alpha value is -2.11. The molecule has 2 rings (SSSR count). The summed E-state index contributed by atoms with van der Waals surface area (Å²) >= 11 is 0. The third kappa shape index (κ3) is 3.51. The molecule has 0 bridgehead atoms. The summed E-state index contributed by atoms with van der Waals surface area (Å²) in [5.74, 6) is 0.495. The molecule has 0 atom stereocenters. The van der Waals surface area contributed by atoms with E-state index in [1.807, 2.05) is 0 Å². The summed E-state index contributed by atoms with van der Waals surface area (Å²) in [5, 5.41) is 13.7. The predicted octanol–water partition coefficient (Wildman–Crippen LogP) is 2.90. The fourth-order valence-corrected chi connectivity index (χ4v) is 2.91. The average Bonchev–Trinajstić information content (AvgIpc) is 2.98. The summed E-state index contributed by atoms with van der Waals surface area (Å²) in [6, 6.07) is 4.44. The average molecular weight is 291 g/mol. The quantitative estimate of drug-likeness (QED) is 0.668. The van der Waals surface area contributed by atoms with Crippen LogP contribution in [0.2, 0.25) is 0 Å². The second kappa shape index (κ2) is 6.56. The van der Waals surface area contributed by atoms with Crippen LogP contribution in [0.5, 0.6) is 0 Å². The molecule has 1 aliphatic carbocycles. The summed E-state index contributed by atoms with van der Waals surface area (Å²) in [7, 11) is 3.40. The minimum atomic E-state index is -0.456. The van der Waals surface area contributed by atoms with E-state index in [0.717, 1.165) is 6.54 Å². The molecule has 1 aromatic carbocycles. The highest BCUT2D eigenvalue weighted by atomic mass is 16.6. The normalized spacial score (nSPS) is 15.0.